The second-order valence-corrected chi connectivity index (χ2v) is 5.17. The molecular formula is C14H16ClNO3. The standard InChI is InChI=1S/C14H16ClNO3/c1-5-8-18-12-7-6-10(9-11(12)15)16-13(17)19-14(2,3)4/h1,6-7,9H,8H2,2-4H3,(H,16,17). The maximum atomic E-state index is 11.6. The van der Waals surface area contributed by atoms with Crippen LogP contribution in [0.5, 0.6) is 5.75 Å². The molecule has 0 saturated heterocycles. The Morgan fingerprint density at radius 2 is 2.16 bits per heavy atom. The van der Waals surface area contributed by atoms with Crippen LogP contribution in [0.4, 0.5) is 10.5 Å². The molecule has 0 atom stereocenters. The van der Waals surface area contributed by atoms with Crippen LogP contribution in [0.15, 0.2) is 18.2 Å². The molecule has 0 spiro atoms. The second kappa shape index (κ2) is 6.35. The van der Waals surface area contributed by atoms with Crippen LogP contribution in [0, 0.1) is 12.3 Å². The summed E-state index contributed by atoms with van der Waals surface area (Å²) in [5, 5.41) is 2.95. The van der Waals surface area contributed by atoms with E-state index in [2.05, 4.69) is 11.2 Å². The van der Waals surface area contributed by atoms with Gasteiger partial charge in [0.05, 0.1) is 5.02 Å². The summed E-state index contributed by atoms with van der Waals surface area (Å²) in [7, 11) is 0. The van der Waals surface area contributed by atoms with Gasteiger partial charge < -0.3 is 9.47 Å². The molecule has 0 saturated carbocycles. The Bertz CT molecular complexity index is 500. The molecule has 0 aromatic heterocycles. The number of benzene rings is 1. The maximum absolute atomic E-state index is 11.6. The normalized spacial score (nSPS) is 10.5. The van der Waals surface area contributed by atoms with E-state index in [-0.39, 0.29) is 6.61 Å². The summed E-state index contributed by atoms with van der Waals surface area (Å²) in [6.45, 7) is 5.50. The highest BCUT2D eigenvalue weighted by Crippen LogP contribution is 2.27. The third kappa shape index (κ3) is 5.54. The molecule has 0 unspecified atom stereocenters. The molecule has 0 aliphatic rings. The van der Waals surface area contributed by atoms with Gasteiger partial charge in [-0.05, 0) is 39.0 Å². The maximum Gasteiger partial charge on any atom is 0.412 e. The van der Waals surface area contributed by atoms with Crippen LogP contribution in [0.2, 0.25) is 5.02 Å². The van der Waals surface area contributed by atoms with E-state index < -0.39 is 11.7 Å². The Kier molecular flexibility index (Phi) is 5.08. The van der Waals surface area contributed by atoms with E-state index in [0.717, 1.165) is 0 Å². The van der Waals surface area contributed by atoms with Crippen LogP contribution in [-0.2, 0) is 4.74 Å². The zero-order valence-corrected chi connectivity index (χ0v) is 11.9. The summed E-state index contributed by atoms with van der Waals surface area (Å²) in [5.74, 6) is 2.81. The van der Waals surface area contributed by atoms with Gasteiger partial charge in [-0.25, -0.2) is 4.79 Å². The Labute approximate surface area is 118 Å². The van der Waals surface area contributed by atoms with Gasteiger partial charge in [0.25, 0.3) is 0 Å². The molecule has 5 heteroatoms. The molecule has 1 amide bonds. The molecule has 1 rings (SSSR count). The fraction of sp³-hybridized carbons (Fsp3) is 0.357. The largest absolute Gasteiger partial charge is 0.479 e. The third-order valence-corrected chi connectivity index (χ3v) is 2.18. The SMILES string of the molecule is C#CCOc1ccc(NC(=O)OC(C)(C)C)cc1Cl. The minimum absolute atomic E-state index is 0.137. The van der Waals surface area contributed by atoms with E-state index in [1.807, 2.05) is 0 Å². The zero-order valence-electron chi connectivity index (χ0n) is 11.1. The van der Waals surface area contributed by atoms with E-state index in [9.17, 15) is 4.79 Å². The van der Waals surface area contributed by atoms with Crippen molar-refractivity contribution in [3.05, 3.63) is 23.2 Å². The van der Waals surface area contributed by atoms with Crippen molar-refractivity contribution in [2.24, 2.45) is 0 Å². The van der Waals surface area contributed by atoms with Gasteiger partial charge in [0.15, 0.2) is 0 Å². The lowest BCUT2D eigenvalue weighted by molar-refractivity contribution is 0.0636. The van der Waals surface area contributed by atoms with Crippen LogP contribution in [0.25, 0.3) is 0 Å². The summed E-state index contributed by atoms with van der Waals surface area (Å²) in [5.41, 5.74) is -0.0312. The van der Waals surface area contributed by atoms with Gasteiger partial charge in [-0.15, -0.1) is 6.42 Å². The summed E-state index contributed by atoms with van der Waals surface area (Å²) < 4.78 is 10.3. The van der Waals surface area contributed by atoms with Crippen LogP contribution >= 0.6 is 11.6 Å². The van der Waals surface area contributed by atoms with Crippen LogP contribution in [-0.4, -0.2) is 18.3 Å². The predicted octanol–water partition coefficient (Wildman–Crippen LogP) is 3.70. The Hall–Kier alpha value is -1.86. The van der Waals surface area contributed by atoms with Gasteiger partial charge in [0.1, 0.15) is 18.0 Å². The summed E-state index contributed by atoms with van der Waals surface area (Å²) in [4.78, 5) is 11.6. The number of carbonyl (C=O) groups excluding carboxylic acids is 1. The topological polar surface area (TPSA) is 47.6 Å². The van der Waals surface area contributed by atoms with Crippen molar-refractivity contribution in [1.29, 1.82) is 0 Å². The third-order valence-electron chi connectivity index (χ3n) is 1.89. The first-order valence-electron chi connectivity index (χ1n) is 5.67. The van der Waals surface area contributed by atoms with Gasteiger partial charge >= 0.3 is 6.09 Å². The zero-order chi connectivity index (χ0) is 14.5. The minimum Gasteiger partial charge on any atom is -0.479 e. The van der Waals surface area contributed by atoms with Gasteiger partial charge in [-0.2, -0.15) is 0 Å². The van der Waals surface area contributed by atoms with E-state index >= 15 is 0 Å². The number of carbonyl (C=O) groups is 1. The lowest BCUT2D eigenvalue weighted by Gasteiger charge is -2.19. The summed E-state index contributed by atoms with van der Waals surface area (Å²) >= 11 is 6.00. The highest BCUT2D eigenvalue weighted by atomic mass is 35.5. The molecule has 0 bridgehead atoms. The first-order valence-corrected chi connectivity index (χ1v) is 6.05. The molecule has 0 fully saturated rings. The average Bonchev–Trinajstić information content (AvgIpc) is 2.25. The summed E-state index contributed by atoms with van der Waals surface area (Å²) in [6, 6.07) is 4.85. The number of nitrogens with one attached hydrogen (secondary N) is 1. The first-order chi connectivity index (χ1) is 8.81. The van der Waals surface area contributed by atoms with Crippen LogP contribution in [0.3, 0.4) is 0 Å². The lowest BCUT2D eigenvalue weighted by Crippen LogP contribution is -2.27. The van der Waals surface area contributed by atoms with Gasteiger partial charge in [0.2, 0.25) is 0 Å². The second-order valence-electron chi connectivity index (χ2n) is 4.76. The molecule has 1 aromatic carbocycles. The monoisotopic (exact) mass is 281 g/mol. The van der Waals surface area contributed by atoms with Crippen LogP contribution < -0.4 is 10.1 Å². The predicted molar refractivity (Wildman–Crippen MR) is 75.6 cm³/mol. The molecule has 0 radical (unpaired) electrons. The number of terminal acetylenes is 1. The van der Waals surface area contributed by atoms with Crippen molar-refractivity contribution in [2.75, 3.05) is 11.9 Å². The van der Waals surface area contributed by atoms with Crippen molar-refractivity contribution >= 4 is 23.4 Å². The molecule has 0 aliphatic heterocycles. The molecule has 102 valence electrons. The molecule has 1 N–H and O–H groups in total. The first kappa shape index (κ1) is 15.2. The number of hydrogen-bond acceptors (Lipinski definition) is 3. The molecule has 1 aromatic rings. The highest BCUT2D eigenvalue weighted by Gasteiger charge is 2.16. The number of ether oxygens (including phenoxy) is 2. The van der Waals surface area contributed by atoms with Crippen molar-refractivity contribution in [3.8, 4) is 18.1 Å². The minimum atomic E-state index is -0.552. The number of amides is 1. The highest BCUT2D eigenvalue weighted by molar-refractivity contribution is 6.32. The van der Waals surface area contributed by atoms with E-state index in [1.165, 1.54) is 0 Å². The Balaban J connectivity index is 2.69. The van der Waals surface area contributed by atoms with Crippen molar-refractivity contribution in [1.82, 2.24) is 0 Å². The van der Waals surface area contributed by atoms with E-state index in [4.69, 9.17) is 27.5 Å². The van der Waals surface area contributed by atoms with Crippen molar-refractivity contribution in [2.45, 2.75) is 26.4 Å². The number of hydrogen-bond donors (Lipinski definition) is 1. The van der Waals surface area contributed by atoms with Gasteiger partial charge in [-0.3, -0.25) is 5.32 Å². The smallest absolute Gasteiger partial charge is 0.412 e. The molecule has 0 aliphatic carbocycles. The molecule has 4 nitrogen and oxygen atoms in total. The number of anilines is 1. The van der Waals surface area contributed by atoms with E-state index in [1.54, 1.807) is 39.0 Å². The summed E-state index contributed by atoms with van der Waals surface area (Å²) in [6.07, 6.45) is 4.55. The van der Waals surface area contributed by atoms with E-state index in [0.29, 0.717) is 16.5 Å². The quantitative estimate of drug-likeness (QED) is 0.860. The molecular weight excluding hydrogens is 266 g/mol. The van der Waals surface area contributed by atoms with Gasteiger partial charge in [-0.1, -0.05) is 17.5 Å². The fourth-order valence-electron chi connectivity index (χ4n) is 1.24. The number of halogens is 1. The number of rotatable bonds is 3. The van der Waals surface area contributed by atoms with Crippen molar-refractivity contribution < 1.29 is 14.3 Å². The lowest BCUT2D eigenvalue weighted by atomic mass is 10.2. The molecule has 0 heterocycles. The van der Waals surface area contributed by atoms with Gasteiger partial charge in [0, 0.05) is 5.69 Å². The van der Waals surface area contributed by atoms with Crippen LogP contribution in [0.1, 0.15) is 20.8 Å². The fourth-order valence-corrected chi connectivity index (χ4v) is 1.47. The Morgan fingerprint density at radius 3 is 2.68 bits per heavy atom. The average molecular weight is 282 g/mol. The Morgan fingerprint density at radius 1 is 1.47 bits per heavy atom. The molecule has 19 heavy (non-hydrogen) atoms. The van der Waals surface area contributed by atoms with Crippen molar-refractivity contribution in [3.63, 3.8) is 0 Å².